The summed E-state index contributed by atoms with van der Waals surface area (Å²) in [5.41, 5.74) is 1.19. The lowest BCUT2D eigenvalue weighted by atomic mass is 9.95. The van der Waals surface area contributed by atoms with Gasteiger partial charge in [-0.3, -0.25) is 24.6 Å². The first-order valence-electron chi connectivity index (χ1n) is 9.15. The molecule has 1 aliphatic heterocycles. The number of hydrogen-bond donors (Lipinski definition) is 1. The Labute approximate surface area is 171 Å². The Morgan fingerprint density at radius 3 is 2.00 bits per heavy atom. The number of non-ortho nitro benzene ring substituents is 1. The first-order valence-corrected chi connectivity index (χ1v) is 9.15. The molecule has 1 unspecified atom stereocenters. The average molecular weight is 400 g/mol. The van der Waals surface area contributed by atoms with Crippen molar-refractivity contribution in [2.45, 2.75) is 6.04 Å². The Balaban J connectivity index is 1.90. The number of carbonyl (C=O) groups excluding carboxylic acids is 2. The Morgan fingerprint density at radius 2 is 1.43 bits per heavy atom. The average Bonchev–Trinajstić information content (AvgIpc) is 3.05. The number of carbonyl (C=O) groups is 2. The van der Waals surface area contributed by atoms with Gasteiger partial charge in [0, 0.05) is 23.4 Å². The number of benzene rings is 3. The molecule has 7 nitrogen and oxygen atoms in total. The highest BCUT2D eigenvalue weighted by Crippen LogP contribution is 2.42. The van der Waals surface area contributed by atoms with Crippen LogP contribution in [0.3, 0.4) is 0 Å². The number of rotatable bonds is 4. The first-order chi connectivity index (χ1) is 14.5. The minimum absolute atomic E-state index is 0.0658. The molecule has 1 N–H and O–H groups in total. The van der Waals surface area contributed by atoms with Crippen molar-refractivity contribution < 1.29 is 19.6 Å². The lowest BCUT2D eigenvalue weighted by Crippen LogP contribution is -2.29. The zero-order chi connectivity index (χ0) is 21.3. The van der Waals surface area contributed by atoms with Gasteiger partial charge in [0.2, 0.25) is 0 Å². The van der Waals surface area contributed by atoms with Crippen LogP contribution in [-0.4, -0.2) is 21.7 Å². The molecule has 0 bridgehead atoms. The van der Waals surface area contributed by atoms with Crippen LogP contribution in [-0.2, 0) is 9.59 Å². The van der Waals surface area contributed by atoms with Crippen LogP contribution in [0, 0.1) is 10.1 Å². The van der Waals surface area contributed by atoms with E-state index in [1.807, 2.05) is 6.07 Å². The van der Waals surface area contributed by atoms with Crippen molar-refractivity contribution in [3.05, 3.63) is 112 Å². The van der Waals surface area contributed by atoms with Crippen LogP contribution in [0.4, 0.5) is 11.4 Å². The van der Waals surface area contributed by atoms with Crippen molar-refractivity contribution in [2.24, 2.45) is 0 Å². The highest BCUT2D eigenvalue weighted by atomic mass is 16.6. The van der Waals surface area contributed by atoms with Gasteiger partial charge in [-0.1, -0.05) is 48.5 Å². The summed E-state index contributed by atoms with van der Waals surface area (Å²) in [6, 6.07) is 22.0. The number of aliphatic hydroxyl groups excluding tert-OH is 1. The predicted molar refractivity (Wildman–Crippen MR) is 111 cm³/mol. The van der Waals surface area contributed by atoms with Crippen LogP contribution in [0.2, 0.25) is 0 Å². The molecule has 3 aromatic carbocycles. The van der Waals surface area contributed by atoms with Gasteiger partial charge in [0.25, 0.3) is 17.4 Å². The highest BCUT2D eigenvalue weighted by Gasteiger charge is 2.46. The fraction of sp³-hybridized carbons (Fsp3) is 0.0435. The second-order valence-electron chi connectivity index (χ2n) is 6.72. The zero-order valence-corrected chi connectivity index (χ0v) is 15.6. The topological polar surface area (TPSA) is 101 Å². The number of nitrogens with zero attached hydrogens (tertiary/aromatic N) is 2. The molecule has 0 saturated carbocycles. The van der Waals surface area contributed by atoms with E-state index < -0.39 is 22.7 Å². The van der Waals surface area contributed by atoms with Gasteiger partial charge < -0.3 is 5.11 Å². The normalized spacial score (nSPS) is 17.9. The van der Waals surface area contributed by atoms with Crippen molar-refractivity contribution in [1.29, 1.82) is 0 Å². The van der Waals surface area contributed by atoms with Crippen molar-refractivity contribution >= 4 is 28.8 Å². The molecule has 0 spiro atoms. The molecular weight excluding hydrogens is 384 g/mol. The Kier molecular flexibility index (Phi) is 4.85. The largest absolute Gasteiger partial charge is 0.507 e. The zero-order valence-electron chi connectivity index (χ0n) is 15.6. The smallest absolute Gasteiger partial charge is 0.300 e. The molecule has 1 saturated heterocycles. The third-order valence-corrected chi connectivity index (χ3v) is 4.95. The number of anilines is 1. The Bertz CT molecular complexity index is 1160. The standard InChI is InChI=1S/C23H16N2O5/c26-21(16-11-13-18(14-12-16)25(29)30)19-20(15-7-3-1-4-8-15)24(23(28)22(19)27)17-9-5-2-6-10-17/h1-14,20,26H/b21-19-. The van der Waals surface area contributed by atoms with E-state index in [1.165, 1.54) is 29.2 Å². The number of ketones is 1. The van der Waals surface area contributed by atoms with Gasteiger partial charge in [0.05, 0.1) is 16.5 Å². The molecular formula is C23H16N2O5. The van der Waals surface area contributed by atoms with Gasteiger partial charge in [-0.2, -0.15) is 0 Å². The van der Waals surface area contributed by atoms with Crippen LogP contribution in [0.25, 0.3) is 5.76 Å². The minimum Gasteiger partial charge on any atom is -0.507 e. The molecule has 1 aliphatic rings. The maximum atomic E-state index is 12.9. The van der Waals surface area contributed by atoms with Gasteiger partial charge in [-0.25, -0.2) is 0 Å². The second-order valence-corrected chi connectivity index (χ2v) is 6.72. The molecule has 1 heterocycles. The van der Waals surface area contributed by atoms with E-state index in [1.54, 1.807) is 54.6 Å². The summed E-state index contributed by atoms with van der Waals surface area (Å²) in [6.07, 6.45) is 0. The highest BCUT2D eigenvalue weighted by molar-refractivity contribution is 6.51. The summed E-state index contributed by atoms with van der Waals surface area (Å²) >= 11 is 0. The minimum atomic E-state index is -0.830. The number of Topliss-reactive ketones (excluding diaryl/α,β-unsaturated/α-hetero) is 1. The number of nitro groups is 1. The van der Waals surface area contributed by atoms with Gasteiger partial charge >= 0.3 is 0 Å². The maximum Gasteiger partial charge on any atom is 0.300 e. The van der Waals surface area contributed by atoms with E-state index in [9.17, 15) is 24.8 Å². The molecule has 1 amide bonds. The van der Waals surface area contributed by atoms with E-state index in [-0.39, 0.29) is 22.6 Å². The van der Waals surface area contributed by atoms with Gasteiger partial charge in [-0.05, 0) is 29.8 Å². The first kappa shape index (κ1) is 19.1. The molecule has 4 rings (SSSR count). The molecule has 148 valence electrons. The van der Waals surface area contributed by atoms with E-state index in [2.05, 4.69) is 0 Å². The van der Waals surface area contributed by atoms with E-state index >= 15 is 0 Å². The number of nitro benzene ring substituents is 1. The monoisotopic (exact) mass is 400 g/mol. The van der Waals surface area contributed by atoms with Crippen LogP contribution < -0.4 is 4.90 Å². The molecule has 0 aliphatic carbocycles. The van der Waals surface area contributed by atoms with Crippen molar-refractivity contribution in [3.8, 4) is 0 Å². The maximum absolute atomic E-state index is 12.9. The summed E-state index contributed by atoms with van der Waals surface area (Å²) in [4.78, 5) is 37.6. The van der Waals surface area contributed by atoms with Crippen molar-refractivity contribution in [1.82, 2.24) is 0 Å². The number of amides is 1. The van der Waals surface area contributed by atoms with Crippen LogP contribution >= 0.6 is 0 Å². The number of para-hydroxylation sites is 1. The van der Waals surface area contributed by atoms with Crippen LogP contribution in [0.15, 0.2) is 90.5 Å². The van der Waals surface area contributed by atoms with Crippen molar-refractivity contribution in [2.75, 3.05) is 4.90 Å². The lowest BCUT2D eigenvalue weighted by Gasteiger charge is -2.25. The SMILES string of the molecule is O=C1C(=O)N(c2ccccc2)C(c2ccccc2)/C1=C(/O)c1ccc([N+](=O)[O-])cc1. The molecule has 1 fully saturated rings. The van der Waals surface area contributed by atoms with E-state index in [0.717, 1.165) is 0 Å². The second kappa shape index (κ2) is 7.63. The third kappa shape index (κ3) is 3.22. The van der Waals surface area contributed by atoms with Gasteiger partial charge in [-0.15, -0.1) is 0 Å². The Hall–Kier alpha value is -4.26. The predicted octanol–water partition coefficient (Wildman–Crippen LogP) is 4.22. The fourth-order valence-electron chi connectivity index (χ4n) is 3.53. The van der Waals surface area contributed by atoms with E-state index in [0.29, 0.717) is 11.3 Å². The molecule has 7 heteroatoms. The van der Waals surface area contributed by atoms with Gasteiger partial charge in [0.1, 0.15) is 5.76 Å². The molecule has 0 aromatic heterocycles. The number of hydrogen-bond acceptors (Lipinski definition) is 5. The summed E-state index contributed by atoms with van der Waals surface area (Å²) in [7, 11) is 0. The van der Waals surface area contributed by atoms with Crippen LogP contribution in [0.5, 0.6) is 0 Å². The van der Waals surface area contributed by atoms with Crippen LogP contribution in [0.1, 0.15) is 17.2 Å². The quantitative estimate of drug-likeness (QED) is 0.232. The summed E-state index contributed by atoms with van der Waals surface area (Å²) in [6.45, 7) is 0. The third-order valence-electron chi connectivity index (χ3n) is 4.95. The Morgan fingerprint density at radius 1 is 0.867 bits per heavy atom. The summed E-state index contributed by atoms with van der Waals surface area (Å²) < 4.78 is 0. The molecule has 3 aromatic rings. The van der Waals surface area contributed by atoms with E-state index in [4.69, 9.17) is 0 Å². The van der Waals surface area contributed by atoms with Gasteiger partial charge in [0.15, 0.2) is 0 Å². The lowest BCUT2D eigenvalue weighted by molar-refractivity contribution is -0.384. The molecule has 0 radical (unpaired) electrons. The fourth-order valence-corrected chi connectivity index (χ4v) is 3.53. The van der Waals surface area contributed by atoms with Crippen molar-refractivity contribution in [3.63, 3.8) is 0 Å². The summed E-state index contributed by atoms with van der Waals surface area (Å²) in [5.74, 6) is -1.95. The number of aliphatic hydroxyl groups is 1. The summed E-state index contributed by atoms with van der Waals surface area (Å²) in [5, 5.41) is 21.8. The molecule has 1 atom stereocenters. The molecule has 30 heavy (non-hydrogen) atoms.